The second-order valence-electron chi connectivity index (χ2n) is 9.30. The van der Waals surface area contributed by atoms with Crippen molar-refractivity contribution < 1.29 is 22.8 Å². The molecule has 1 aliphatic rings. The summed E-state index contributed by atoms with van der Waals surface area (Å²) in [7, 11) is 0. The number of benzene rings is 1. The van der Waals surface area contributed by atoms with Crippen LogP contribution in [-0.4, -0.2) is 33.9 Å². The van der Waals surface area contributed by atoms with Crippen LogP contribution in [0.4, 0.5) is 18.9 Å². The van der Waals surface area contributed by atoms with E-state index in [1.54, 1.807) is 19.2 Å². The lowest BCUT2D eigenvalue weighted by atomic mass is 9.73. The molecule has 4 N–H and O–H groups in total. The van der Waals surface area contributed by atoms with E-state index >= 15 is 0 Å². The van der Waals surface area contributed by atoms with Gasteiger partial charge in [0.15, 0.2) is 0 Å². The van der Waals surface area contributed by atoms with Crippen molar-refractivity contribution in [2.45, 2.75) is 51.1 Å². The van der Waals surface area contributed by atoms with Crippen LogP contribution in [0.25, 0.3) is 11.3 Å². The predicted octanol–water partition coefficient (Wildman–Crippen LogP) is 4.55. The Labute approximate surface area is 212 Å². The highest BCUT2D eigenvalue weighted by atomic mass is 19.1. The molecule has 1 aliphatic carbocycles. The van der Waals surface area contributed by atoms with E-state index in [0.29, 0.717) is 18.5 Å². The van der Waals surface area contributed by atoms with Gasteiger partial charge in [0.05, 0.1) is 17.4 Å². The molecule has 1 saturated carbocycles. The number of hydrogen-bond acceptors (Lipinski definition) is 5. The molecule has 1 aromatic carbocycles. The molecule has 3 aromatic rings. The highest BCUT2D eigenvalue weighted by Gasteiger charge is 2.36. The molecule has 0 radical (unpaired) electrons. The zero-order chi connectivity index (χ0) is 26.7. The Morgan fingerprint density at radius 2 is 1.78 bits per heavy atom. The van der Waals surface area contributed by atoms with Crippen LogP contribution >= 0.6 is 0 Å². The van der Waals surface area contributed by atoms with Crippen LogP contribution in [0.15, 0.2) is 48.8 Å². The van der Waals surface area contributed by atoms with Crippen LogP contribution in [0.3, 0.4) is 0 Å². The van der Waals surface area contributed by atoms with Gasteiger partial charge in [0.1, 0.15) is 28.8 Å². The van der Waals surface area contributed by atoms with Gasteiger partial charge in [0.25, 0.3) is 5.91 Å². The van der Waals surface area contributed by atoms with Gasteiger partial charge in [0.2, 0.25) is 5.91 Å². The normalized spacial score (nSPS) is 21.4. The monoisotopic (exact) mass is 511 g/mol. The molecule has 4 rings (SSSR count). The lowest BCUT2D eigenvalue weighted by Gasteiger charge is -2.39. The average molecular weight is 512 g/mol. The molecule has 10 heteroatoms. The molecule has 0 spiro atoms. The number of aromatic nitrogens is 2. The molecule has 0 bridgehead atoms. The number of rotatable bonds is 6. The number of nitrogens with two attached hydrogens (primary N) is 1. The Kier molecular flexibility index (Phi) is 7.87. The number of nitrogens with one attached hydrogen (secondary N) is 2. The number of carbonyl (C=O) groups excluding carboxylic acids is 2. The minimum Gasteiger partial charge on any atom is -0.352 e. The molecule has 7 nitrogen and oxygen atoms in total. The van der Waals surface area contributed by atoms with Gasteiger partial charge in [-0.05, 0) is 60.6 Å². The number of pyridine rings is 2. The van der Waals surface area contributed by atoms with Gasteiger partial charge >= 0.3 is 0 Å². The Hall–Kier alpha value is -3.79. The first-order valence-corrected chi connectivity index (χ1v) is 12.1. The van der Waals surface area contributed by atoms with E-state index in [9.17, 15) is 22.8 Å². The van der Waals surface area contributed by atoms with Crippen LogP contribution in [-0.2, 0) is 4.79 Å². The van der Waals surface area contributed by atoms with Crippen LogP contribution < -0.4 is 16.4 Å². The third-order valence-corrected chi connectivity index (χ3v) is 6.76. The third-order valence-electron chi connectivity index (χ3n) is 6.76. The van der Waals surface area contributed by atoms with Crippen molar-refractivity contribution in [3.63, 3.8) is 0 Å². The molecule has 1 fully saturated rings. The SMILES string of the molecule is CCC(=O)NC1C(C)CC(c2ccncc2NC(=O)c2ccc(F)c(-c3c(F)cccc3F)n2)CC1N. The van der Waals surface area contributed by atoms with Crippen LogP contribution in [0.1, 0.15) is 55.1 Å². The maximum absolute atomic E-state index is 14.4. The molecular weight excluding hydrogens is 483 g/mol. The molecule has 2 aromatic heterocycles. The second kappa shape index (κ2) is 11.1. The minimum atomic E-state index is -0.991. The van der Waals surface area contributed by atoms with Crippen molar-refractivity contribution in [2.24, 2.45) is 11.7 Å². The molecule has 4 unspecified atom stereocenters. The molecule has 0 aliphatic heterocycles. The van der Waals surface area contributed by atoms with E-state index < -0.39 is 34.6 Å². The van der Waals surface area contributed by atoms with E-state index in [0.717, 1.165) is 42.3 Å². The molecule has 194 valence electrons. The summed E-state index contributed by atoms with van der Waals surface area (Å²) in [5, 5.41) is 5.75. The Balaban J connectivity index is 1.57. The van der Waals surface area contributed by atoms with E-state index in [1.807, 2.05) is 6.92 Å². The van der Waals surface area contributed by atoms with Crippen molar-refractivity contribution >= 4 is 17.5 Å². The largest absolute Gasteiger partial charge is 0.352 e. The first kappa shape index (κ1) is 26.3. The number of halogens is 3. The number of hydrogen-bond donors (Lipinski definition) is 3. The van der Waals surface area contributed by atoms with E-state index in [1.165, 1.54) is 6.20 Å². The highest BCUT2D eigenvalue weighted by Crippen LogP contribution is 2.38. The Bertz CT molecular complexity index is 1290. The third kappa shape index (κ3) is 5.64. The van der Waals surface area contributed by atoms with Gasteiger partial charge in [-0.3, -0.25) is 14.6 Å². The van der Waals surface area contributed by atoms with E-state index in [-0.39, 0.29) is 35.5 Å². The van der Waals surface area contributed by atoms with Gasteiger partial charge < -0.3 is 16.4 Å². The van der Waals surface area contributed by atoms with Crippen LogP contribution in [0.5, 0.6) is 0 Å². The quantitative estimate of drug-likeness (QED) is 0.450. The highest BCUT2D eigenvalue weighted by molar-refractivity contribution is 6.03. The zero-order valence-corrected chi connectivity index (χ0v) is 20.5. The summed E-state index contributed by atoms with van der Waals surface area (Å²) in [6, 6.07) is 6.59. The van der Waals surface area contributed by atoms with Gasteiger partial charge in [0, 0.05) is 24.7 Å². The molecular formula is C27H28F3N5O2. The molecule has 2 amide bonds. The number of anilines is 1. The topological polar surface area (TPSA) is 110 Å². The fourth-order valence-electron chi connectivity index (χ4n) is 4.90. The number of carbonyl (C=O) groups is 2. The molecule has 37 heavy (non-hydrogen) atoms. The average Bonchev–Trinajstić information content (AvgIpc) is 2.87. The Morgan fingerprint density at radius 3 is 2.46 bits per heavy atom. The van der Waals surface area contributed by atoms with E-state index in [2.05, 4.69) is 20.6 Å². The second-order valence-corrected chi connectivity index (χ2v) is 9.30. The molecule has 2 heterocycles. The first-order chi connectivity index (χ1) is 17.7. The summed E-state index contributed by atoms with van der Waals surface area (Å²) in [5.74, 6) is -3.60. The van der Waals surface area contributed by atoms with Crippen molar-refractivity contribution in [3.8, 4) is 11.3 Å². The summed E-state index contributed by atoms with van der Waals surface area (Å²) >= 11 is 0. The summed E-state index contributed by atoms with van der Waals surface area (Å²) in [6.07, 6.45) is 4.79. The van der Waals surface area contributed by atoms with Crippen molar-refractivity contribution in [1.82, 2.24) is 15.3 Å². The number of amides is 2. The van der Waals surface area contributed by atoms with Gasteiger partial charge in [-0.15, -0.1) is 0 Å². The standard InChI is InChI=1S/C27H28F3N5O2/c1-3-23(36)35-25-14(2)11-15(12-20(25)31)16-9-10-32-13-22(16)34-27(37)21-8-7-19(30)26(33-21)24-17(28)5-4-6-18(24)29/h4-10,13-15,20,25H,3,11-12,31H2,1-2H3,(H,34,37)(H,35,36). The lowest BCUT2D eigenvalue weighted by molar-refractivity contribution is -0.122. The summed E-state index contributed by atoms with van der Waals surface area (Å²) in [5.41, 5.74) is 6.21. The Morgan fingerprint density at radius 1 is 1.05 bits per heavy atom. The minimum absolute atomic E-state index is 0.0117. The summed E-state index contributed by atoms with van der Waals surface area (Å²) < 4.78 is 42.9. The van der Waals surface area contributed by atoms with Gasteiger partial charge in [-0.2, -0.15) is 0 Å². The van der Waals surface area contributed by atoms with Crippen molar-refractivity contribution in [2.75, 3.05) is 5.32 Å². The first-order valence-electron chi connectivity index (χ1n) is 12.1. The maximum Gasteiger partial charge on any atom is 0.274 e. The van der Waals surface area contributed by atoms with Gasteiger partial charge in [-0.1, -0.05) is 19.9 Å². The summed E-state index contributed by atoms with van der Waals surface area (Å²) in [4.78, 5) is 33.0. The zero-order valence-electron chi connectivity index (χ0n) is 20.5. The fraction of sp³-hybridized carbons (Fsp3) is 0.333. The van der Waals surface area contributed by atoms with Crippen molar-refractivity contribution in [1.29, 1.82) is 0 Å². The number of nitrogens with zero attached hydrogens (tertiary/aromatic N) is 2. The van der Waals surface area contributed by atoms with E-state index in [4.69, 9.17) is 5.73 Å². The van der Waals surface area contributed by atoms with Crippen LogP contribution in [0, 0.1) is 23.4 Å². The maximum atomic E-state index is 14.4. The van der Waals surface area contributed by atoms with Crippen LogP contribution in [0.2, 0.25) is 0 Å². The predicted molar refractivity (Wildman–Crippen MR) is 133 cm³/mol. The molecule has 0 saturated heterocycles. The molecule has 4 atom stereocenters. The smallest absolute Gasteiger partial charge is 0.274 e. The summed E-state index contributed by atoms with van der Waals surface area (Å²) in [6.45, 7) is 3.81. The van der Waals surface area contributed by atoms with Gasteiger partial charge in [-0.25, -0.2) is 18.2 Å². The van der Waals surface area contributed by atoms with Crippen molar-refractivity contribution in [3.05, 3.63) is 77.5 Å². The lowest BCUT2D eigenvalue weighted by Crippen LogP contribution is -2.54. The fourth-order valence-corrected chi connectivity index (χ4v) is 4.90.